The number of hydrogen-bond acceptors (Lipinski definition) is 16. The summed E-state index contributed by atoms with van der Waals surface area (Å²) in [5.74, 6) is -1.45. The van der Waals surface area contributed by atoms with Gasteiger partial charge in [0.05, 0.1) is 13.2 Å². The molecule has 73 heavy (non-hydrogen) atoms. The van der Waals surface area contributed by atoms with Gasteiger partial charge in [-0.1, -0.05) is 138 Å². The Kier molecular flexibility index (Phi) is 34.7. The summed E-state index contributed by atoms with van der Waals surface area (Å²) in [6, 6.07) is 1.23. The van der Waals surface area contributed by atoms with Crippen molar-refractivity contribution < 1.29 is 71.1 Å². The highest BCUT2D eigenvalue weighted by Gasteiger charge is 2.46. The van der Waals surface area contributed by atoms with Gasteiger partial charge in [-0.05, 0) is 82.8 Å². The van der Waals surface area contributed by atoms with E-state index in [9.17, 15) is 48.3 Å². The maximum absolute atomic E-state index is 12.8. The van der Waals surface area contributed by atoms with Gasteiger partial charge in [-0.2, -0.15) is 9.29 Å². The highest BCUT2D eigenvalue weighted by atomic mass is 31.3. The first-order valence-corrected chi connectivity index (χ1v) is 28.5. The van der Waals surface area contributed by atoms with Gasteiger partial charge >= 0.3 is 33.3 Å². The lowest BCUT2D eigenvalue weighted by Gasteiger charge is -2.21. The Morgan fingerprint density at radius 2 is 1.26 bits per heavy atom. The lowest BCUT2D eigenvalue weighted by Crippen LogP contribution is -2.36. The zero-order valence-corrected chi connectivity index (χ0v) is 44.4. The summed E-state index contributed by atoms with van der Waals surface area (Å²) in [5, 5.41) is 20.9. The standard InChI is InChI=1S/C52H81N3O16P2/c1-3-5-7-9-11-12-13-14-15-16-17-18-19-20-21-22-24-28-33-37-48(58)69-44(40-66-47(57)36-32-29-25-27-31-35-43(56)34-30-26-23-10-8-6-4-2)41-67-72(62,63)71-73(64,65)68-42-45-49(59)50(60)51(70-45)55-39-38-46(53)54-52(55)61/h11-12,14-15,17-18,20-21,23-24,26,28,30,34,38-39,44-45,49-51,59-60H,3-10,13,16,19,22,25,27,29,31-33,35-37,40-42H2,1-2H3,(H,62,63)(H,64,65)(H2,53,54,61)/b12-11-,15-14-,18-17-,21-20-,26-23-,28-24-,34-30+/t44-,45-,49-,50-,51-/m1/s1. The molecule has 0 amide bonds. The number of aromatic nitrogens is 2. The number of nitrogens with two attached hydrogens (primary N) is 1. The van der Waals surface area contributed by atoms with Crippen LogP contribution in [0, 0.1) is 0 Å². The zero-order chi connectivity index (χ0) is 53.6. The second kappa shape index (κ2) is 39.1. The predicted molar refractivity (Wildman–Crippen MR) is 280 cm³/mol. The second-order valence-electron chi connectivity index (χ2n) is 17.3. The van der Waals surface area contributed by atoms with Crippen LogP contribution in [0.2, 0.25) is 0 Å². The summed E-state index contributed by atoms with van der Waals surface area (Å²) >= 11 is 0. The number of ether oxygens (including phenoxy) is 3. The fourth-order valence-electron chi connectivity index (χ4n) is 6.92. The molecule has 2 unspecified atom stereocenters. The molecule has 19 nitrogen and oxygen atoms in total. The van der Waals surface area contributed by atoms with Crippen molar-refractivity contribution in [2.45, 2.75) is 179 Å². The summed E-state index contributed by atoms with van der Waals surface area (Å²) in [4.78, 5) is 74.0. The lowest BCUT2D eigenvalue weighted by molar-refractivity contribution is -0.161. The number of ketones is 1. The van der Waals surface area contributed by atoms with E-state index in [4.69, 9.17) is 29.0 Å². The van der Waals surface area contributed by atoms with E-state index in [1.807, 2.05) is 24.3 Å². The highest BCUT2D eigenvalue weighted by molar-refractivity contribution is 7.61. The van der Waals surface area contributed by atoms with Crippen LogP contribution in [0.5, 0.6) is 0 Å². The lowest BCUT2D eigenvalue weighted by atomic mass is 10.1. The smallest absolute Gasteiger partial charge is 0.462 e. The molecule has 6 N–H and O–H groups in total. The number of anilines is 1. The van der Waals surface area contributed by atoms with Gasteiger partial charge in [0.1, 0.15) is 30.7 Å². The van der Waals surface area contributed by atoms with Crippen LogP contribution >= 0.6 is 15.6 Å². The molecule has 1 aromatic heterocycles. The largest absolute Gasteiger partial charge is 0.481 e. The normalized spacial score (nSPS) is 19.6. The molecule has 2 heterocycles. The molecule has 1 aromatic rings. The molecule has 0 aromatic carbocycles. The molecule has 1 fully saturated rings. The molecule has 1 aliphatic heterocycles. The third-order valence-electron chi connectivity index (χ3n) is 10.9. The van der Waals surface area contributed by atoms with Crippen LogP contribution in [0.4, 0.5) is 5.82 Å². The van der Waals surface area contributed by atoms with E-state index in [0.29, 0.717) is 38.5 Å². The summed E-state index contributed by atoms with van der Waals surface area (Å²) in [6.45, 7) is 1.88. The van der Waals surface area contributed by atoms with E-state index in [1.54, 1.807) is 18.2 Å². The zero-order valence-electron chi connectivity index (χ0n) is 42.6. The van der Waals surface area contributed by atoms with Crippen LogP contribution in [0.15, 0.2) is 102 Å². The molecule has 1 aliphatic rings. The minimum atomic E-state index is -5.47. The van der Waals surface area contributed by atoms with E-state index in [0.717, 1.165) is 68.6 Å². The van der Waals surface area contributed by atoms with Crippen LogP contribution in [0.1, 0.15) is 155 Å². The van der Waals surface area contributed by atoms with Gasteiger partial charge in [-0.15, -0.1) is 0 Å². The molecule has 21 heteroatoms. The topological polar surface area (TPSA) is 283 Å². The molecular formula is C52H81N3O16P2. The molecule has 0 saturated carbocycles. The Hall–Kier alpha value is -4.39. The van der Waals surface area contributed by atoms with Crippen molar-refractivity contribution in [3.63, 3.8) is 0 Å². The number of phosphoric acid groups is 2. The Morgan fingerprint density at radius 1 is 0.699 bits per heavy atom. The second-order valence-corrected chi connectivity index (χ2v) is 20.4. The number of allylic oxidation sites excluding steroid dienone is 14. The molecule has 0 radical (unpaired) electrons. The first-order chi connectivity index (χ1) is 35.1. The molecule has 2 rings (SSSR count). The van der Waals surface area contributed by atoms with Gasteiger partial charge in [0.2, 0.25) is 0 Å². The number of hydrogen-bond donors (Lipinski definition) is 5. The fourth-order valence-corrected chi connectivity index (χ4v) is 9.03. The number of esters is 2. The van der Waals surface area contributed by atoms with E-state index in [-0.39, 0.29) is 24.4 Å². The van der Waals surface area contributed by atoms with Gasteiger partial charge in [-0.3, -0.25) is 28.0 Å². The Labute approximate surface area is 431 Å². The third kappa shape index (κ3) is 31.8. The number of unbranched alkanes of at least 4 members (excludes halogenated alkanes) is 10. The number of phosphoric ester groups is 2. The third-order valence-corrected chi connectivity index (χ3v) is 13.5. The van der Waals surface area contributed by atoms with E-state index in [2.05, 4.69) is 65.7 Å². The molecule has 7 atom stereocenters. The quantitative estimate of drug-likeness (QED) is 0.0102. The Balaban J connectivity index is 1.86. The number of carbonyl (C=O) groups excluding carboxylic acids is 3. The van der Waals surface area contributed by atoms with Crippen LogP contribution in [-0.2, 0) is 51.1 Å². The summed E-state index contributed by atoms with van der Waals surface area (Å²) in [5.41, 5.74) is 4.57. The Morgan fingerprint density at radius 3 is 1.88 bits per heavy atom. The van der Waals surface area contributed by atoms with Crippen molar-refractivity contribution in [3.8, 4) is 0 Å². The van der Waals surface area contributed by atoms with Crippen LogP contribution < -0.4 is 11.4 Å². The first-order valence-electron chi connectivity index (χ1n) is 25.6. The molecular weight excluding hydrogens is 985 g/mol. The maximum atomic E-state index is 12.8. The number of rotatable bonds is 41. The molecule has 0 aliphatic carbocycles. The summed E-state index contributed by atoms with van der Waals surface area (Å²) in [7, 11) is -10.9. The van der Waals surface area contributed by atoms with Crippen molar-refractivity contribution in [3.05, 3.63) is 108 Å². The SMILES string of the molecule is CCCCC/C=C\C=C\C(=O)CCCCCCCC(=O)OC[C@H](COP(=O)(O)OP(=O)(O)OC[C@H]1O[C@@H](n2ccc(N)nc2=O)[C@H](O)[C@@H]1O)OC(=O)CC/C=C\C/C=C\C/C=C\C/C=C\C/C=C\CCCCC. The number of carbonyl (C=O) groups is 3. The average Bonchev–Trinajstić information content (AvgIpc) is 3.62. The van der Waals surface area contributed by atoms with E-state index < -0.39 is 83.7 Å². The minimum Gasteiger partial charge on any atom is -0.462 e. The molecule has 1 saturated heterocycles. The van der Waals surface area contributed by atoms with Crippen LogP contribution in [0.25, 0.3) is 0 Å². The maximum Gasteiger partial charge on any atom is 0.481 e. The van der Waals surface area contributed by atoms with Gasteiger partial charge in [0, 0.05) is 25.5 Å². The van der Waals surface area contributed by atoms with E-state index >= 15 is 0 Å². The molecule has 410 valence electrons. The van der Waals surface area contributed by atoms with Gasteiger partial charge < -0.3 is 39.9 Å². The monoisotopic (exact) mass is 1070 g/mol. The van der Waals surface area contributed by atoms with E-state index in [1.165, 1.54) is 31.7 Å². The fraction of sp³-hybridized carbons (Fsp3) is 0.596. The van der Waals surface area contributed by atoms with Crippen molar-refractivity contribution in [2.75, 3.05) is 25.6 Å². The minimum absolute atomic E-state index is 0.0233. The van der Waals surface area contributed by atoms with Crippen molar-refractivity contribution >= 4 is 39.2 Å². The number of nitrogens with zero attached hydrogens (tertiary/aromatic N) is 2. The number of nitrogen functional groups attached to an aromatic ring is 1. The predicted octanol–water partition coefficient (Wildman–Crippen LogP) is 9.84. The molecule has 0 spiro atoms. The van der Waals surface area contributed by atoms with Crippen molar-refractivity contribution in [1.29, 1.82) is 0 Å². The highest BCUT2D eigenvalue weighted by Crippen LogP contribution is 2.60. The first kappa shape index (κ1) is 64.7. The summed E-state index contributed by atoms with van der Waals surface area (Å²) in [6.07, 6.45) is 37.9. The van der Waals surface area contributed by atoms with Gasteiger partial charge in [0.15, 0.2) is 18.1 Å². The van der Waals surface area contributed by atoms with Crippen LogP contribution in [-0.4, -0.2) is 91.5 Å². The number of aliphatic hydroxyl groups excluding tert-OH is 2. The van der Waals surface area contributed by atoms with Crippen molar-refractivity contribution in [2.24, 2.45) is 0 Å². The Bertz CT molecular complexity index is 2120. The summed E-state index contributed by atoms with van der Waals surface area (Å²) < 4.78 is 56.6. The van der Waals surface area contributed by atoms with Crippen LogP contribution in [0.3, 0.4) is 0 Å². The molecule has 0 bridgehead atoms. The van der Waals surface area contributed by atoms with Gasteiger partial charge in [-0.25, -0.2) is 13.9 Å². The number of aliphatic hydroxyl groups is 2. The van der Waals surface area contributed by atoms with Crippen molar-refractivity contribution in [1.82, 2.24) is 9.55 Å². The van der Waals surface area contributed by atoms with Gasteiger partial charge in [0.25, 0.3) is 0 Å². The average molecular weight is 1070 g/mol.